The maximum atomic E-state index is 12.4. The number of carbonyl (C=O) groups is 2. The molecule has 306 valence electrons. The molecule has 0 saturated carbocycles. The van der Waals surface area contributed by atoms with Gasteiger partial charge in [0.2, 0.25) is 0 Å². The molecule has 0 radical (unpaired) electrons. The Labute approximate surface area is 319 Å². The van der Waals surface area contributed by atoms with Crippen LogP contribution in [-0.2, 0) is 28.2 Å². The van der Waals surface area contributed by atoms with Crippen LogP contribution in [0.25, 0.3) is 0 Å². The first kappa shape index (κ1) is 50.5. The lowest BCUT2D eigenvalue weighted by atomic mass is 10.0. The topological polar surface area (TPSA) is 119 Å². The number of esters is 2. The third kappa shape index (κ3) is 41.3. The predicted molar refractivity (Wildman–Crippen MR) is 216 cm³/mol. The molecule has 0 rings (SSSR count). The molecule has 0 aliphatic heterocycles. The Balaban J connectivity index is 3.88. The van der Waals surface area contributed by atoms with Crippen molar-refractivity contribution >= 4 is 19.8 Å². The molecule has 2 N–H and O–H groups in total. The molecule has 0 saturated heterocycles. The first-order chi connectivity index (χ1) is 25.3. The molecule has 9 heteroatoms. The molecular weight excluding hydrogens is 675 g/mol. The maximum Gasteiger partial charge on any atom is 0.469 e. The Morgan fingerprint density at radius 3 is 1.31 bits per heavy atom. The molecule has 0 aliphatic carbocycles. The Hall–Kier alpha value is -1.47. The van der Waals surface area contributed by atoms with Crippen LogP contribution in [-0.4, -0.2) is 41.0 Å². The van der Waals surface area contributed by atoms with Gasteiger partial charge in [0, 0.05) is 12.8 Å². The van der Waals surface area contributed by atoms with Crippen LogP contribution in [0.4, 0.5) is 0 Å². The van der Waals surface area contributed by atoms with Gasteiger partial charge >= 0.3 is 19.8 Å². The summed E-state index contributed by atoms with van der Waals surface area (Å²) >= 11 is 0. The average molecular weight is 757 g/mol. The van der Waals surface area contributed by atoms with Gasteiger partial charge in [0.05, 0.1) is 6.61 Å². The van der Waals surface area contributed by atoms with E-state index in [0.717, 1.165) is 51.4 Å². The van der Waals surface area contributed by atoms with E-state index in [-0.39, 0.29) is 19.4 Å². The molecule has 0 unspecified atom stereocenters. The van der Waals surface area contributed by atoms with Crippen LogP contribution in [0.5, 0.6) is 0 Å². The van der Waals surface area contributed by atoms with Gasteiger partial charge in [0.15, 0.2) is 6.10 Å². The van der Waals surface area contributed by atoms with Crippen molar-refractivity contribution < 1.29 is 37.9 Å². The van der Waals surface area contributed by atoms with Crippen LogP contribution >= 0.6 is 7.82 Å². The zero-order valence-electron chi connectivity index (χ0n) is 33.7. The fourth-order valence-electron chi connectivity index (χ4n) is 6.23. The molecular formula is C43H81O8P. The van der Waals surface area contributed by atoms with Crippen molar-refractivity contribution in [3.63, 3.8) is 0 Å². The molecule has 0 fully saturated rings. The minimum absolute atomic E-state index is 0.210. The van der Waals surface area contributed by atoms with Gasteiger partial charge < -0.3 is 19.3 Å². The molecule has 0 amide bonds. The summed E-state index contributed by atoms with van der Waals surface area (Å²) in [6, 6.07) is 0. The predicted octanol–water partition coefficient (Wildman–Crippen LogP) is 13.2. The molecule has 1 atom stereocenters. The summed E-state index contributed by atoms with van der Waals surface area (Å²) < 4.78 is 26.4. The quantitative estimate of drug-likeness (QED) is 0.0274. The lowest BCUT2D eigenvalue weighted by Gasteiger charge is -2.18. The van der Waals surface area contributed by atoms with Crippen LogP contribution in [0, 0.1) is 0 Å². The highest BCUT2D eigenvalue weighted by molar-refractivity contribution is 7.46. The van der Waals surface area contributed by atoms with Gasteiger partial charge in [0.25, 0.3) is 0 Å². The van der Waals surface area contributed by atoms with Gasteiger partial charge in [0.1, 0.15) is 6.61 Å². The van der Waals surface area contributed by atoms with Crippen molar-refractivity contribution in [3.8, 4) is 0 Å². The summed E-state index contributed by atoms with van der Waals surface area (Å²) in [6.07, 6.45) is 44.6. The van der Waals surface area contributed by atoms with E-state index in [4.69, 9.17) is 19.3 Å². The molecule has 0 bridgehead atoms. The van der Waals surface area contributed by atoms with Crippen molar-refractivity contribution in [1.82, 2.24) is 0 Å². The Kier molecular flexibility index (Phi) is 38.1. The van der Waals surface area contributed by atoms with E-state index in [2.05, 4.69) is 42.7 Å². The number of hydrogen-bond acceptors (Lipinski definition) is 6. The van der Waals surface area contributed by atoms with Gasteiger partial charge in [-0.15, -0.1) is 0 Å². The van der Waals surface area contributed by atoms with E-state index in [9.17, 15) is 14.2 Å². The number of ether oxygens (including phenoxy) is 2. The Bertz CT molecular complexity index is 900. The van der Waals surface area contributed by atoms with Crippen molar-refractivity contribution in [1.29, 1.82) is 0 Å². The second-order valence-corrected chi connectivity index (χ2v) is 15.9. The van der Waals surface area contributed by atoms with Crippen LogP contribution < -0.4 is 0 Å². The van der Waals surface area contributed by atoms with Crippen LogP contribution in [0.1, 0.15) is 219 Å². The van der Waals surface area contributed by atoms with E-state index in [1.54, 1.807) is 0 Å². The highest BCUT2D eigenvalue weighted by atomic mass is 31.2. The van der Waals surface area contributed by atoms with E-state index in [1.165, 1.54) is 135 Å². The van der Waals surface area contributed by atoms with E-state index in [1.807, 2.05) is 0 Å². The van der Waals surface area contributed by atoms with Gasteiger partial charge in [-0.3, -0.25) is 14.1 Å². The fraction of sp³-hybridized carbons (Fsp3) is 0.860. The van der Waals surface area contributed by atoms with Gasteiger partial charge in [-0.25, -0.2) is 4.57 Å². The maximum absolute atomic E-state index is 12.4. The van der Waals surface area contributed by atoms with Crippen LogP contribution in [0.15, 0.2) is 24.3 Å². The third-order valence-corrected chi connectivity index (χ3v) is 9.96. The fourth-order valence-corrected chi connectivity index (χ4v) is 6.59. The molecule has 0 aromatic heterocycles. The molecule has 8 nitrogen and oxygen atoms in total. The smallest absolute Gasteiger partial charge is 0.462 e. The third-order valence-electron chi connectivity index (χ3n) is 9.47. The number of unbranched alkanes of at least 4 members (excludes halogenated alkanes) is 26. The number of rotatable bonds is 40. The Morgan fingerprint density at radius 1 is 0.500 bits per heavy atom. The normalized spacial score (nSPS) is 12.6. The van der Waals surface area contributed by atoms with E-state index < -0.39 is 32.5 Å². The standard InChI is InChI=1S/C43H81O8P/c1-3-5-7-9-11-13-15-17-19-20-21-22-24-26-28-30-32-34-36-38-43(45)51-41(40-50-52(46,47)48)39-49-42(44)37-35-33-31-29-27-25-23-18-16-14-12-10-8-6-4-2/h11,13,17,19,41H,3-10,12,14-16,18,20-40H2,1-2H3,(H2,46,47,48)/b13-11-,19-17-/t41-/m1/s1. The second-order valence-electron chi connectivity index (χ2n) is 14.7. The molecule has 52 heavy (non-hydrogen) atoms. The number of carbonyl (C=O) groups excluding carboxylic acids is 2. The lowest BCUT2D eigenvalue weighted by molar-refractivity contribution is -0.161. The summed E-state index contributed by atoms with van der Waals surface area (Å²) in [4.78, 5) is 42.9. The average Bonchev–Trinajstić information content (AvgIpc) is 3.11. The molecule has 0 aromatic carbocycles. The SMILES string of the molecule is CCCCC/C=C\C/C=C\CCCCCCCCCCCC(=O)O[C@H](COC(=O)CCCCCCCCCCCCCCCCC)COP(=O)(O)O. The van der Waals surface area contributed by atoms with E-state index >= 15 is 0 Å². The van der Waals surface area contributed by atoms with E-state index in [0.29, 0.717) is 6.42 Å². The van der Waals surface area contributed by atoms with Gasteiger partial charge in [-0.2, -0.15) is 0 Å². The highest BCUT2D eigenvalue weighted by Crippen LogP contribution is 2.36. The molecule has 0 heterocycles. The monoisotopic (exact) mass is 757 g/mol. The van der Waals surface area contributed by atoms with Crippen molar-refractivity contribution in [2.45, 2.75) is 225 Å². The summed E-state index contributed by atoms with van der Waals surface area (Å²) in [6.45, 7) is 3.68. The summed E-state index contributed by atoms with van der Waals surface area (Å²) in [5.41, 5.74) is 0. The molecule has 0 aromatic rings. The Morgan fingerprint density at radius 2 is 0.865 bits per heavy atom. The summed E-state index contributed by atoms with van der Waals surface area (Å²) in [5, 5.41) is 0. The van der Waals surface area contributed by atoms with Gasteiger partial charge in [-0.1, -0.05) is 186 Å². The minimum Gasteiger partial charge on any atom is -0.462 e. The second kappa shape index (κ2) is 39.2. The zero-order valence-corrected chi connectivity index (χ0v) is 34.6. The molecule has 0 spiro atoms. The van der Waals surface area contributed by atoms with Crippen molar-refractivity contribution in [3.05, 3.63) is 24.3 Å². The number of phosphoric acid groups is 1. The number of allylic oxidation sites excluding steroid dienone is 4. The first-order valence-corrected chi connectivity index (χ1v) is 23.2. The van der Waals surface area contributed by atoms with Crippen molar-refractivity contribution in [2.24, 2.45) is 0 Å². The largest absolute Gasteiger partial charge is 0.469 e. The summed E-state index contributed by atoms with van der Waals surface area (Å²) in [7, 11) is -4.75. The number of hydrogen-bond donors (Lipinski definition) is 2. The van der Waals surface area contributed by atoms with Crippen molar-refractivity contribution in [2.75, 3.05) is 13.2 Å². The van der Waals surface area contributed by atoms with Gasteiger partial charge in [-0.05, 0) is 44.9 Å². The number of phosphoric ester groups is 1. The van der Waals surface area contributed by atoms with Crippen LogP contribution in [0.2, 0.25) is 0 Å². The molecule has 0 aliphatic rings. The minimum atomic E-state index is -4.75. The zero-order chi connectivity index (χ0) is 38.2. The highest BCUT2D eigenvalue weighted by Gasteiger charge is 2.22. The first-order valence-electron chi connectivity index (χ1n) is 21.6. The lowest BCUT2D eigenvalue weighted by Crippen LogP contribution is -2.29. The van der Waals surface area contributed by atoms with Crippen LogP contribution in [0.3, 0.4) is 0 Å². The summed E-state index contributed by atoms with van der Waals surface area (Å²) in [5.74, 6) is -0.880.